The van der Waals surface area contributed by atoms with E-state index in [1.165, 1.54) is 31.2 Å². The summed E-state index contributed by atoms with van der Waals surface area (Å²) in [6.45, 7) is 2.24. The Bertz CT molecular complexity index is 224. The van der Waals surface area contributed by atoms with Crippen molar-refractivity contribution in [3.8, 4) is 0 Å². The van der Waals surface area contributed by atoms with E-state index in [4.69, 9.17) is 0 Å². The first kappa shape index (κ1) is 14.5. The molecule has 0 atom stereocenters. The Morgan fingerprint density at radius 3 is 2.00 bits per heavy atom. The third-order valence-electron chi connectivity index (χ3n) is 1.91. The number of rotatable bonds is 4. The van der Waals surface area contributed by atoms with Gasteiger partial charge in [-0.05, 0) is 18.4 Å². The first-order valence-electron chi connectivity index (χ1n) is 5.13. The van der Waals surface area contributed by atoms with Gasteiger partial charge in [-0.3, -0.25) is 0 Å². The van der Waals surface area contributed by atoms with Crippen LogP contribution in [0.2, 0.25) is 0 Å². The Morgan fingerprint density at radius 2 is 1.53 bits per heavy atom. The van der Waals surface area contributed by atoms with E-state index in [1.54, 1.807) is 0 Å². The maximum Gasteiger partial charge on any atom is 1.04 e. The lowest BCUT2D eigenvalue weighted by Crippen LogP contribution is -1.83. The van der Waals surface area contributed by atoms with Gasteiger partial charge in [0.05, 0.1) is 0 Å². The van der Waals surface area contributed by atoms with Gasteiger partial charge in [0.1, 0.15) is 0 Å². The molecule has 0 saturated carbocycles. The third-order valence-corrected chi connectivity index (χ3v) is 1.91. The second-order valence-electron chi connectivity index (χ2n) is 3.19. The summed E-state index contributed by atoms with van der Waals surface area (Å²) in [6, 6.07) is 10.7. The van der Waals surface area contributed by atoms with Crippen molar-refractivity contribution >= 4 is 15.5 Å². The first-order valence-corrected chi connectivity index (χ1v) is 6.44. The molecule has 0 fully saturated rings. The topological polar surface area (TPSA) is 0 Å². The number of hydrogen-bond acceptors (Lipinski definition) is 0. The average molecular weight is 232 g/mol. The van der Waals surface area contributed by atoms with Crippen LogP contribution in [-0.4, -0.2) is 15.5 Å². The molecule has 1 rings (SSSR count). The Balaban J connectivity index is 0.000000423. The molecule has 0 radical (unpaired) electrons. The van der Waals surface area contributed by atoms with Gasteiger partial charge >= 0.3 is 15.5 Å². The molecule has 0 aliphatic heterocycles. The van der Waals surface area contributed by atoms with Gasteiger partial charge in [-0.2, -0.15) is 0 Å². The van der Waals surface area contributed by atoms with Crippen LogP contribution in [0, 0.1) is 0 Å². The normalized spacial score (nSPS) is 9.07. The van der Waals surface area contributed by atoms with Gasteiger partial charge in [0.15, 0.2) is 0 Å². The minimum atomic E-state index is -4.64. The summed E-state index contributed by atoms with van der Waals surface area (Å²) in [5, 5.41) is 0. The van der Waals surface area contributed by atoms with Crippen LogP contribution in [0.25, 0.3) is 0 Å². The number of unbranched alkanes of at least 4 members (excludes halogenated alkanes) is 2. The van der Waals surface area contributed by atoms with Gasteiger partial charge in [0, 0.05) is 0 Å². The predicted octanol–water partition coefficient (Wildman–Crippen LogP) is 4.30. The van der Waals surface area contributed by atoms with Crippen molar-refractivity contribution in [3.05, 3.63) is 35.9 Å². The van der Waals surface area contributed by atoms with Gasteiger partial charge in [-0.25, -0.2) is 0 Å². The lowest BCUT2D eigenvalue weighted by molar-refractivity contribution is 0.535. The maximum atomic E-state index is 9.81. The zero-order valence-electron chi connectivity index (χ0n) is 8.93. The lowest BCUT2D eigenvalue weighted by Gasteiger charge is -1.98. The minimum Gasteiger partial charge on any atom is -0.346 e. The van der Waals surface area contributed by atoms with Crippen molar-refractivity contribution < 1.29 is 10.6 Å². The SMILES string of the molecule is CCCCCc1ccccc1.[F][Al]([F])[F]. The molecule has 0 N–H and O–H groups in total. The van der Waals surface area contributed by atoms with E-state index >= 15 is 0 Å². The standard InChI is InChI=1S/C11H16.Al.3FH/c1-2-3-5-8-11-9-6-4-7-10-11;;;;/h4,6-7,9-10H,2-3,5,8H2,1H3;;3*1H/q;+3;;;/p-3. The van der Waals surface area contributed by atoms with Crippen LogP contribution < -0.4 is 0 Å². The van der Waals surface area contributed by atoms with Gasteiger partial charge in [-0.1, -0.05) is 50.1 Å². The van der Waals surface area contributed by atoms with Crippen LogP contribution in [-0.2, 0) is 6.42 Å². The molecule has 0 aliphatic rings. The minimum absolute atomic E-state index is 1.24. The predicted molar refractivity (Wildman–Crippen MR) is 58.7 cm³/mol. The van der Waals surface area contributed by atoms with Gasteiger partial charge in [0.25, 0.3) is 0 Å². The molecule has 0 aromatic heterocycles. The highest BCUT2D eigenvalue weighted by Gasteiger charge is 2.21. The summed E-state index contributed by atoms with van der Waals surface area (Å²) in [6.07, 6.45) is 5.25. The number of aryl methyl sites for hydroxylation is 1. The summed E-state index contributed by atoms with van der Waals surface area (Å²) >= 11 is -4.64. The molecule has 0 nitrogen and oxygen atoms in total. The summed E-state index contributed by atoms with van der Waals surface area (Å²) in [5.74, 6) is 0. The van der Waals surface area contributed by atoms with Crippen LogP contribution >= 0.6 is 0 Å². The molecular weight excluding hydrogens is 216 g/mol. The summed E-state index contributed by atoms with van der Waals surface area (Å²) in [7, 11) is 0. The molecule has 0 amide bonds. The van der Waals surface area contributed by atoms with E-state index in [0.717, 1.165) is 0 Å². The van der Waals surface area contributed by atoms with E-state index < -0.39 is 15.5 Å². The Kier molecular flexibility index (Phi) is 9.77. The molecule has 1 aromatic rings. The Morgan fingerprint density at radius 1 is 1.00 bits per heavy atom. The highest BCUT2D eigenvalue weighted by molar-refractivity contribution is 6.33. The van der Waals surface area contributed by atoms with Crippen molar-refractivity contribution in [3.63, 3.8) is 0 Å². The molecular formula is C11H16AlF3. The van der Waals surface area contributed by atoms with E-state index in [1.807, 2.05) is 0 Å². The van der Waals surface area contributed by atoms with Crippen molar-refractivity contribution in [1.29, 1.82) is 0 Å². The van der Waals surface area contributed by atoms with E-state index in [0.29, 0.717) is 0 Å². The van der Waals surface area contributed by atoms with E-state index in [-0.39, 0.29) is 0 Å². The second kappa shape index (κ2) is 10.1. The van der Waals surface area contributed by atoms with E-state index in [9.17, 15) is 10.6 Å². The summed E-state index contributed by atoms with van der Waals surface area (Å²) in [4.78, 5) is 0. The molecule has 15 heavy (non-hydrogen) atoms. The maximum absolute atomic E-state index is 9.81. The fourth-order valence-corrected chi connectivity index (χ4v) is 1.22. The average Bonchev–Trinajstić information content (AvgIpc) is 2.19. The molecule has 0 bridgehead atoms. The van der Waals surface area contributed by atoms with Gasteiger partial charge in [0.2, 0.25) is 0 Å². The molecule has 84 valence electrons. The molecule has 0 unspecified atom stereocenters. The highest BCUT2D eigenvalue weighted by Crippen LogP contribution is 2.05. The van der Waals surface area contributed by atoms with Crippen LogP contribution in [0.1, 0.15) is 31.7 Å². The Labute approximate surface area is 94.9 Å². The number of halogens is 3. The lowest BCUT2D eigenvalue weighted by atomic mass is 10.1. The zero-order chi connectivity index (χ0) is 11.5. The first-order chi connectivity index (χ1) is 7.16. The van der Waals surface area contributed by atoms with Gasteiger partial charge in [-0.15, -0.1) is 0 Å². The number of benzene rings is 1. The fourth-order valence-electron chi connectivity index (χ4n) is 1.22. The van der Waals surface area contributed by atoms with Crippen LogP contribution in [0.3, 0.4) is 0 Å². The second-order valence-corrected chi connectivity index (χ2v) is 3.69. The molecule has 0 aliphatic carbocycles. The van der Waals surface area contributed by atoms with E-state index in [2.05, 4.69) is 37.3 Å². The van der Waals surface area contributed by atoms with Crippen LogP contribution in [0.4, 0.5) is 10.6 Å². The van der Waals surface area contributed by atoms with Crippen LogP contribution in [0.5, 0.6) is 0 Å². The van der Waals surface area contributed by atoms with Crippen LogP contribution in [0.15, 0.2) is 30.3 Å². The third kappa shape index (κ3) is 11.5. The quantitative estimate of drug-likeness (QED) is 0.536. The smallest absolute Gasteiger partial charge is 0.346 e. The fraction of sp³-hybridized carbons (Fsp3) is 0.455. The molecule has 1 aromatic carbocycles. The molecule has 0 saturated heterocycles. The highest BCUT2D eigenvalue weighted by atomic mass is 27.3. The molecule has 0 heterocycles. The van der Waals surface area contributed by atoms with Crippen molar-refractivity contribution in [2.45, 2.75) is 32.6 Å². The Hall–Kier alpha value is -0.458. The monoisotopic (exact) mass is 232 g/mol. The molecule has 4 heteroatoms. The largest absolute Gasteiger partial charge is 1.04 e. The summed E-state index contributed by atoms with van der Waals surface area (Å²) in [5.41, 5.74) is 1.47. The zero-order valence-corrected chi connectivity index (χ0v) is 10.1. The van der Waals surface area contributed by atoms with Crippen molar-refractivity contribution in [2.24, 2.45) is 0 Å². The summed E-state index contributed by atoms with van der Waals surface area (Å²) < 4.78 is 29.4. The van der Waals surface area contributed by atoms with Crippen molar-refractivity contribution in [1.82, 2.24) is 0 Å². The van der Waals surface area contributed by atoms with Crippen molar-refractivity contribution in [2.75, 3.05) is 0 Å². The van der Waals surface area contributed by atoms with Gasteiger partial charge < -0.3 is 10.6 Å². The number of hydrogen-bond donors (Lipinski definition) is 0. The molecule has 0 spiro atoms.